The van der Waals surface area contributed by atoms with Crippen molar-refractivity contribution in [3.63, 3.8) is 0 Å². The quantitative estimate of drug-likeness (QED) is 0.894. The molecule has 18 heavy (non-hydrogen) atoms. The van der Waals surface area contributed by atoms with Crippen LogP contribution in [0.3, 0.4) is 0 Å². The summed E-state index contributed by atoms with van der Waals surface area (Å²) in [6, 6.07) is 3.11. The normalized spacial score (nSPS) is 18.9. The average molecular weight is 254 g/mol. The monoisotopic (exact) mass is 254 g/mol. The SMILES string of the molecule is CN(C(=O)CC1CCNC1)c1cc(F)ccc1F. The second kappa shape index (κ2) is 5.44. The molecule has 98 valence electrons. The van der Waals surface area contributed by atoms with E-state index in [4.69, 9.17) is 0 Å². The number of nitrogens with zero attached hydrogens (tertiary/aromatic N) is 1. The lowest BCUT2D eigenvalue weighted by Gasteiger charge is -2.19. The van der Waals surface area contributed by atoms with Gasteiger partial charge in [-0.1, -0.05) is 0 Å². The van der Waals surface area contributed by atoms with E-state index in [0.717, 1.165) is 37.7 Å². The number of hydrogen-bond donors (Lipinski definition) is 1. The van der Waals surface area contributed by atoms with E-state index in [1.165, 1.54) is 11.9 Å². The number of rotatable bonds is 3. The Hall–Kier alpha value is -1.49. The molecule has 1 fully saturated rings. The highest BCUT2D eigenvalue weighted by atomic mass is 19.1. The smallest absolute Gasteiger partial charge is 0.227 e. The topological polar surface area (TPSA) is 32.3 Å². The Balaban J connectivity index is 2.07. The van der Waals surface area contributed by atoms with Crippen LogP contribution in [0.1, 0.15) is 12.8 Å². The fourth-order valence-electron chi connectivity index (χ4n) is 2.15. The third-order valence-corrected chi connectivity index (χ3v) is 3.27. The molecule has 3 nitrogen and oxygen atoms in total. The summed E-state index contributed by atoms with van der Waals surface area (Å²) in [5, 5.41) is 3.17. The Labute approximate surface area is 105 Å². The average Bonchev–Trinajstić information content (AvgIpc) is 2.84. The van der Waals surface area contributed by atoms with Gasteiger partial charge >= 0.3 is 0 Å². The van der Waals surface area contributed by atoms with Gasteiger partial charge in [-0.25, -0.2) is 8.78 Å². The van der Waals surface area contributed by atoms with Crippen molar-refractivity contribution in [2.24, 2.45) is 5.92 Å². The summed E-state index contributed by atoms with van der Waals surface area (Å²) < 4.78 is 26.6. The first-order valence-electron chi connectivity index (χ1n) is 6.00. The summed E-state index contributed by atoms with van der Waals surface area (Å²) in [4.78, 5) is 13.2. The minimum absolute atomic E-state index is 0.00837. The predicted octanol–water partition coefficient (Wildman–Crippen LogP) is 1.93. The molecule has 1 heterocycles. The van der Waals surface area contributed by atoms with Crippen molar-refractivity contribution < 1.29 is 13.6 Å². The van der Waals surface area contributed by atoms with Crippen LogP contribution in [0.25, 0.3) is 0 Å². The van der Waals surface area contributed by atoms with Crippen LogP contribution in [0.2, 0.25) is 0 Å². The molecule has 1 saturated heterocycles. The van der Waals surface area contributed by atoms with Gasteiger partial charge in [-0.3, -0.25) is 4.79 Å². The van der Waals surface area contributed by atoms with E-state index in [0.29, 0.717) is 6.42 Å². The van der Waals surface area contributed by atoms with Crippen molar-refractivity contribution in [1.82, 2.24) is 5.32 Å². The molecule has 2 rings (SSSR count). The highest BCUT2D eigenvalue weighted by Gasteiger charge is 2.22. The zero-order valence-electron chi connectivity index (χ0n) is 10.2. The number of hydrogen-bond acceptors (Lipinski definition) is 2. The van der Waals surface area contributed by atoms with Crippen molar-refractivity contribution in [2.75, 3.05) is 25.0 Å². The van der Waals surface area contributed by atoms with Crippen LogP contribution in [-0.4, -0.2) is 26.0 Å². The van der Waals surface area contributed by atoms with Crippen LogP contribution in [-0.2, 0) is 4.79 Å². The molecular weight excluding hydrogens is 238 g/mol. The van der Waals surface area contributed by atoms with Gasteiger partial charge in [-0.05, 0) is 37.6 Å². The van der Waals surface area contributed by atoms with Crippen molar-refractivity contribution in [3.05, 3.63) is 29.8 Å². The molecule has 0 aliphatic carbocycles. The molecule has 0 saturated carbocycles. The lowest BCUT2D eigenvalue weighted by Crippen LogP contribution is -2.29. The number of carbonyl (C=O) groups excluding carboxylic acids is 1. The molecule has 1 aromatic rings. The molecule has 1 aliphatic heterocycles. The Kier molecular flexibility index (Phi) is 3.91. The number of nitrogens with one attached hydrogen (secondary N) is 1. The summed E-state index contributed by atoms with van der Waals surface area (Å²) in [7, 11) is 1.47. The molecule has 1 aromatic carbocycles. The lowest BCUT2D eigenvalue weighted by molar-refractivity contribution is -0.119. The van der Waals surface area contributed by atoms with E-state index >= 15 is 0 Å². The molecule has 1 amide bonds. The van der Waals surface area contributed by atoms with E-state index in [2.05, 4.69) is 5.32 Å². The third kappa shape index (κ3) is 2.85. The summed E-state index contributed by atoms with van der Waals surface area (Å²) in [6.07, 6.45) is 1.31. The Bertz CT molecular complexity index is 445. The van der Waals surface area contributed by atoms with E-state index in [-0.39, 0.29) is 17.5 Å². The van der Waals surface area contributed by atoms with Gasteiger partial charge < -0.3 is 10.2 Å². The molecule has 0 aromatic heterocycles. The first-order valence-corrected chi connectivity index (χ1v) is 6.00. The molecule has 0 radical (unpaired) electrons. The highest BCUT2D eigenvalue weighted by Crippen LogP contribution is 2.22. The molecule has 1 N–H and O–H groups in total. The summed E-state index contributed by atoms with van der Waals surface area (Å²) in [5.74, 6) is -1.03. The van der Waals surface area contributed by atoms with Gasteiger partial charge in [0.25, 0.3) is 0 Å². The molecule has 1 unspecified atom stereocenters. The zero-order chi connectivity index (χ0) is 13.1. The number of halogens is 2. The van der Waals surface area contributed by atoms with E-state index in [1.807, 2.05) is 0 Å². The van der Waals surface area contributed by atoms with Gasteiger partial charge in [0.1, 0.15) is 11.6 Å². The number of benzene rings is 1. The second-order valence-corrected chi connectivity index (χ2v) is 4.61. The Morgan fingerprint density at radius 2 is 2.28 bits per heavy atom. The minimum Gasteiger partial charge on any atom is -0.316 e. The molecule has 1 aliphatic rings. The van der Waals surface area contributed by atoms with Crippen LogP contribution >= 0.6 is 0 Å². The first kappa shape index (κ1) is 13.0. The van der Waals surface area contributed by atoms with Crippen molar-refractivity contribution in [2.45, 2.75) is 12.8 Å². The van der Waals surface area contributed by atoms with Gasteiger partial charge in [0, 0.05) is 19.5 Å². The van der Waals surface area contributed by atoms with Crippen molar-refractivity contribution in [1.29, 1.82) is 0 Å². The molecule has 5 heteroatoms. The highest BCUT2D eigenvalue weighted by molar-refractivity contribution is 5.93. The van der Waals surface area contributed by atoms with Gasteiger partial charge in [-0.15, -0.1) is 0 Å². The van der Waals surface area contributed by atoms with Gasteiger partial charge in [0.05, 0.1) is 5.69 Å². The van der Waals surface area contributed by atoms with Gasteiger partial charge in [0.15, 0.2) is 0 Å². The largest absolute Gasteiger partial charge is 0.316 e. The van der Waals surface area contributed by atoms with E-state index in [1.54, 1.807) is 0 Å². The number of carbonyl (C=O) groups is 1. The van der Waals surface area contributed by atoms with Gasteiger partial charge in [0.2, 0.25) is 5.91 Å². The molecule has 0 bridgehead atoms. The van der Waals surface area contributed by atoms with Crippen molar-refractivity contribution in [3.8, 4) is 0 Å². The van der Waals surface area contributed by atoms with Crippen LogP contribution in [0.15, 0.2) is 18.2 Å². The first-order chi connectivity index (χ1) is 8.58. The molecular formula is C13H16F2N2O. The van der Waals surface area contributed by atoms with Crippen LogP contribution in [0, 0.1) is 17.6 Å². The zero-order valence-corrected chi connectivity index (χ0v) is 10.2. The molecule has 0 spiro atoms. The maximum atomic E-state index is 13.5. The minimum atomic E-state index is -0.586. The van der Waals surface area contributed by atoms with Crippen molar-refractivity contribution >= 4 is 11.6 Å². The van der Waals surface area contributed by atoms with Crippen LogP contribution in [0.4, 0.5) is 14.5 Å². The lowest BCUT2D eigenvalue weighted by atomic mass is 10.0. The van der Waals surface area contributed by atoms with Crippen LogP contribution < -0.4 is 10.2 Å². The summed E-state index contributed by atoms with van der Waals surface area (Å²) in [5.41, 5.74) is -0.00837. The fourth-order valence-corrected chi connectivity index (χ4v) is 2.15. The standard InChI is InChI=1S/C13H16F2N2O/c1-17(12-7-10(14)2-3-11(12)15)13(18)6-9-4-5-16-8-9/h2-3,7,9,16H,4-6,8H2,1H3. The number of anilines is 1. The van der Waals surface area contributed by atoms with E-state index in [9.17, 15) is 13.6 Å². The summed E-state index contributed by atoms with van der Waals surface area (Å²) >= 11 is 0. The predicted molar refractivity (Wildman–Crippen MR) is 65.4 cm³/mol. The second-order valence-electron chi connectivity index (χ2n) is 4.61. The maximum absolute atomic E-state index is 13.5. The Morgan fingerprint density at radius 1 is 1.50 bits per heavy atom. The third-order valence-electron chi connectivity index (χ3n) is 3.27. The number of amides is 1. The maximum Gasteiger partial charge on any atom is 0.227 e. The van der Waals surface area contributed by atoms with E-state index < -0.39 is 11.6 Å². The molecule has 1 atom stereocenters. The Morgan fingerprint density at radius 3 is 2.94 bits per heavy atom. The fraction of sp³-hybridized carbons (Fsp3) is 0.462. The van der Waals surface area contributed by atoms with Gasteiger partial charge in [-0.2, -0.15) is 0 Å². The van der Waals surface area contributed by atoms with Crippen LogP contribution in [0.5, 0.6) is 0 Å². The summed E-state index contributed by atoms with van der Waals surface area (Å²) in [6.45, 7) is 1.72.